The molecule has 0 aromatic heterocycles. The number of hydrogen-bond acceptors (Lipinski definition) is 7. The molecule has 1 N–H and O–H groups in total. The molecule has 8 heteroatoms. The van der Waals surface area contributed by atoms with Crippen molar-refractivity contribution in [3.63, 3.8) is 0 Å². The molecule has 1 atom stereocenters. The molecule has 0 amide bonds. The second-order valence-corrected chi connectivity index (χ2v) is 9.54. The molecule has 2 aromatic rings. The van der Waals surface area contributed by atoms with E-state index in [0.717, 1.165) is 36.6 Å². The fourth-order valence-corrected chi connectivity index (χ4v) is 3.94. The summed E-state index contributed by atoms with van der Waals surface area (Å²) >= 11 is 0. The lowest BCUT2D eigenvalue weighted by Crippen LogP contribution is -2.38. The summed E-state index contributed by atoms with van der Waals surface area (Å²) in [6.07, 6.45) is 3.20. The van der Waals surface area contributed by atoms with Crippen LogP contribution in [0, 0.1) is 5.92 Å². The number of carbonyl (C=O) groups is 4. The van der Waals surface area contributed by atoms with Crippen LogP contribution < -0.4 is 4.74 Å². The minimum absolute atomic E-state index is 0.0149. The largest absolute Gasteiger partial charge is 0.478 e. The average Bonchev–Trinajstić information content (AvgIpc) is 2.87. The molecule has 2 aromatic carbocycles. The van der Waals surface area contributed by atoms with Gasteiger partial charge < -0.3 is 14.6 Å². The maximum atomic E-state index is 12.3. The Hall–Kier alpha value is -3.78. The molecular weight excluding hydrogens is 486 g/mol. The van der Waals surface area contributed by atoms with Gasteiger partial charge in [0.25, 0.3) is 6.47 Å². The van der Waals surface area contributed by atoms with Crippen LogP contribution in [0.3, 0.4) is 0 Å². The minimum Gasteiger partial charge on any atom is -0.478 e. The summed E-state index contributed by atoms with van der Waals surface area (Å²) in [6.45, 7) is 13.5. The third-order valence-electron chi connectivity index (χ3n) is 5.78. The molecule has 1 unspecified atom stereocenters. The Labute approximate surface area is 225 Å². The summed E-state index contributed by atoms with van der Waals surface area (Å²) in [4.78, 5) is 45.2. The quantitative estimate of drug-likeness (QED) is 0.121. The van der Waals surface area contributed by atoms with Crippen molar-refractivity contribution in [2.75, 3.05) is 6.54 Å². The van der Waals surface area contributed by atoms with E-state index in [0.29, 0.717) is 29.5 Å². The van der Waals surface area contributed by atoms with Crippen molar-refractivity contribution in [1.29, 1.82) is 0 Å². The van der Waals surface area contributed by atoms with Gasteiger partial charge in [0.1, 0.15) is 18.3 Å². The maximum Gasteiger partial charge on any atom is 0.331 e. The van der Waals surface area contributed by atoms with E-state index in [1.54, 1.807) is 12.1 Å². The molecule has 0 aliphatic carbocycles. The van der Waals surface area contributed by atoms with Crippen LogP contribution >= 0.6 is 0 Å². The van der Waals surface area contributed by atoms with Crippen LogP contribution in [0.4, 0.5) is 0 Å². The van der Waals surface area contributed by atoms with Crippen molar-refractivity contribution in [3.05, 3.63) is 77.6 Å². The molecule has 38 heavy (non-hydrogen) atoms. The second-order valence-electron chi connectivity index (χ2n) is 9.54. The van der Waals surface area contributed by atoms with Crippen molar-refractivity contribution >= 4 is 24.7 Å². The number of aldehydes is 1. The summed E-state index contributed by atoms with van der Waals surface area (Å²) in [5, 5.41) is 7.86. The molecule has 0 spiro atoms. The first-order chi connectivity index (χ1) is 18.0. The zero-order valence-corrected chi connectivity index (χ0v) is 23.0. The van der Waals surface area contributed by atoms with Gasteiger partial charge >= 0.3 is 11.9 Å². The second kappa shape index (κ2) is 16.9. The van der Waals surface area contributed by atoms with Gasteiger partial charge in [0, 0.05) is 29.1 Å². The van der Waals surface area contributed by atoms with Crippen molar-refractivity contribution in [2.24, 2.45) is 5.92 Å². The van der Waals surface area contributed by atoms with Gasteiger partial charge in [0.15, 0.2) is 0 Å². The number of hydrogen-bond donors (Lipinski definition) is 1. The van der Waals surface area contributed by atoms with Gasteiger partial charge in [-0.1, -0.05) is 44.2 Å². The number of carboxylic acid groups (broad SMARTS) is 1. The Morgan fingerprint density at radius 1 is 0.947 bits per heavy atom. The number of nitrogens with zero attached hydrogens (tertiary/aromatic N) is 1. The lowest BCUT2D eigenvalue weighted by atomic mass is 9.86. The standard InChI is InChI=1S/C26H35NO3.C4H4O4/c1-18(2)26(29)30-25-13-12-21(17-28)16-24(25)23(22-10-8-7-9-11-22)14-15-27(19(3)4)20(5)6;5-3-8-2-1-4(6)7/h7-13,16-20,23H,14-15H2,1-6H3;1-3H,(H,6,7)/b;2-1+. The number of carbonyl (C=O) groups excluding carboxylic acids is 3. The van der Waals surface area contributed by atoms with Gasteiger partial charge in [-0.05, 0) is 64.4 Å². The number of ether oxygens (including phenoxy) is 2. The van der Waals surface area contributed by atoms with E-state index in [1.165, 1.54) is 0 Å². The normalized spacial score (nSPS) is 11.8. The van der Waals surface area contributed by atoms with Gasteiger partial charge in [-0.15, -0.1) is 0 Å². The van der Waals surface area contributed by atoms with Crippen LogP contribution in [0.2, 0.25) is 0 Å². The summed E-state index contributed by atoms with van der Waals surface area (Å²) in [5.74, 6) is -1.09. The highest BCUT2D eigenvalue weighted by Gasteiger charge is 2.24. The van der Waals surface area contributed by atoms with Crippen molar-refractivity contribution in [2.45, 2.75) is 66.0 Å². The van der Waals surface area contributed by atoms with Gasteiger partial charge in [-0.25, -0.2) is 4.79 Å². The monoisotopic (exact) mass is 525 g/mol. The lowest BCUT2D eigenvalue weighted by molar-refractivity contribution is -0.138. The highest BCUT2D eigenvalue weighted by molar-refractivity contribution is 5.79. The summed E-state index contributed by atoms with van der Waals surface area (Å²) in [7, 11) is 0. The number of esters is 1. The smallest absolute Gasteiger partial charge is 0.331 e. The van der Waals surface area contributed by atoms with Crippen LogP contribution in [0.15, 0.2) is 60.9 Å². The topological polar surface area (TPSA) is 110 Å². The molecule has 8 nitrogen and oxygen atoms in total. The molecular formula is C30H39NO7. The molecule has 0 radical (unpaired) electrons. The zero-order valence-electron chi connectivity index (χ0n) is 23.0. The van der Waals surface area contributed by atoms with E-state index < -0.39 is 5.97 Å². The minimum atomic E-state index is -1.15. The molecule has 206 valence electrons. The maximum absolute atomic E-state index is 12.3. The Bertz CT molecular complexity index is 1050. The van der Waals surface area contributed by atoms with Crippen LogP contribution in [-0.2, 0) is 19.1 Å². The van der Waals surface area contributed by atoms with E-state index >= 15 is 0 Å². The van der Waals surface area contributed by atoms with Crippen molar-refractivity contribution in [3.8, 4) is 5.75 Å². The third kappa shape index (κ3) is 11.1. The van der Waals surface area contributed by atoms with Gasteiger partial charge in [0.05, 0.1) is 12.0 Å². The Kier molecular flexibility index (Phi) is 14.3. The summed E-state index contributed by atoms with van der Waals surface area (Å²) in [6, 6.07) is 16.4. The molecule has 0 saturated carbocycles. The Morgan fingerprint density at radius 2 is 1.58 bits per heavy atom. The number of rotatable bonds is 13. The van der Waals surface area contributed by atoms with Gasteiger partial charge in [0.2, 0.25) is 0 Å². The summed E-state index contributed by atoms with van der Waals surface area (Å²) in [5.41, 5.74) is 2.61. The summed E-state index contributed by atoms with van der Waals surface area (Å²) < 4.78 is 9.64. The molecule has 0 bridgehead atoms. The first kappa shape index (κ1) is 32.2. The third-order valence-corrected chi connectivity index (χ3v) is 5.78. The SMILES string of the molecule is CC(C)C(=O)Oc1ccc(C=O)cc1C(CCN(C(C)C)C(C)C)c1ccccc1.O=CO/C=C/C(=O)O. The average molecular weight is 526 g/mol. The first-order valence-electron chi connectivity index (χ1n) is 12.6. The molecule has 2 rings (SSSR count). The Balaban J connectivity index is 0.000000781. The highest BCUT2D eigenvalue weighted by Crippen LogP contribution is 2.36. The number of carboxylic acids is 1. The lowest BCUT2D eigenvalue weighted by Gasteiger charge is -2.32. The van der Waals surface area contributed by atoms with Gasteiger partial charge in [-0.2, -0.15) is 0 Å². The molecule has 0 fully saturated rings. The van der Waals surface area contributed by atoms with Crippen LogP contribution in [0.25, 0.3) is 0 Å². The van der Waals surface area contributed by atoms with E-state index in [9.17, 15) is 19.2 Å². The predicted octanol–water partition coefficient (Wildman–Crippen LogP) is 5.46. The Morgan fingerprint density at radius 3 is 2.08 bits per heavy atom. The van der Waals surface area contributed by atoms with E-state index in [2.05, 4.69) is 49.5 Å². The van der Waals surface area contributed by atoms with Crippen LogP contribution in [0.1, 0.15) is 75.4 Å². The predicted molar refractivity (Wildman–Crippen MR) is 146 cm³/mol. The first-order valence-corrected chi connectivity index (χ1v) is 12.6. The van der Waals surface area contributed by atoms with E-state index in [1.807, 2.05) is 38.1 Å². The van der Waals surface area contributed by atoms with Crippen LogP contribution in [0.5, 0.6) is 5.75 Å². The van der Waals surface area contributed by atoms with Crippen LogP contribution in [-0.4, -0.2) is 53.3 Å². The van der Waals surface area contributed by atoms with E-state index in [-0.39, 0.29) is 24.3 Å². The zero-order chi connectivity index (χ0) is 28.7. The number of benzene rings is 2. The highest BCUT2D eigenvalue weighted by atomic mass is 16.5. The van der Waals surface area contributed by atoms with E-state index in [4.69, 9.17) is 9.84 Å². The molecule has 0 heterocycles. The fraction of sp³-hybridized carbons (Fsp3) is 0.400. The fourth-order valence-electron chi connectivity index (χ4n) is 3.94. The van der Waals surface area contributed by atoms with Crippen molar-refractivity contribution in [1.82, 2.24) is 4.90 Å². The molecule has 0 aliphatic heterocycles. The van der Waals surface area contributed by atoms with Crippen molar-refractivity contribution < 1.29 is 33.8 Å². The molecule has 0 saturated heterocycles. The number of aliphatic carboxylic acids is 1. The molecule has 0 aliphatic rings. The van der Waals surface area contributed by atoms with Gasteiger partial charge in [-0.3, -0.25) is 19.3 Å².